The lowest BCUT2D eigenvalue weighted by Gasteiger charge is -2.22. The first-order valence-corrected chi connectivity index (χ1v) is 10.2. The summed E-state index contributed by atoms with van der Waals surface area (Å²) in [6, 6.07) is 15.8. The molecular weight excluding hydrogens is 362 g/mol. The molecule has 0 saturated carbocycles. The van der Waals surface area contributed by atoms with Crippen LogP contribution < -0.4 is 4.74 Å². The molecule has 0 N–H and O–H groups in total. The fourth-order valence-electron chi connectivity index (χ4n) is 3.41. The van der Waals surface area contributed by atoms with E-state index in [0.29, 0.717) is 6.54 Å². The summed E-state index contributed by atoms with van der Waals surface area (Å²) in [5.74, 6) is 1.74. The third kappa shape index (κ3) is 5.05. The second-order valence-electron chi connectivity index (χ2n) is 7.03. The summed E-state index contributed by atoms with van der Waals surface area (Å²) in [5.41, 5.74) is 2.92. The van der Waals surface area contributed by atoms with Crippen LogP contribution in [0.5, 0.6) is 5.75 Å². The number of fused-ring (bicyclic) bond motifs is 1. The molecular formula is C24H29N3O2. The van der Waals surface area contributed by atoms with Gasteiger partial charge in [0.1, 0.15) is 18.1 Å². The van der Waals surface area contributed by atoms with Crippen LogP contribution in [-0.4, -0.2) is 40.6 Å². The number of para-hydroxylation sites is 2. The van der Waals surface area contributed by atoms with Gasteiger partial charge in [-0.2, -0.15) is 0 Å². The number of nitrogens with zero attached hydrogens (tertiary/aromatic N) is 3. The molecule has 1 heterocycles. The minimum Gasteiger partial charge on any atom is -0.497 e. The number of benzene rings is 2. The van der Waals surface area contributed by atoms with Gasteiger partial charge in [0.15, 0.2) is 0 Å². The first-order chi connectivity index (χ1) is 14.2. The molecule has 0 spiro atoms. The quantitative estimate of drug-likeness (QED) is 0.523. The highest BCUT2D eigenvalue weighted by molar-refractivity contribution is 5.83. The minimum absolute atomic E-state index is 0.135. The number of rotatable bonds is 9. The normalized spacial score (nSPS) is 11.3. The average molecular weight is 392 g/mol. The van der Waals surface area contributed by atoms with Crippen LogP contribution in [-0.2, 0) is 11.3 Å². The van der Waals surface area contributed by atoms with Gasteiger partial charge in [-0.05, 0) is 48.7 Å². The number of imidazole rings is 1. The second-order valence-corrected chi connectivity index (χ2v) is 7.03. The van der Waals surface area contributed by atoms with Crippen molar-refractivity contribution in [2.24, 2.45) is 0 Å². The van der Waals surface area contributed by atoms with Gasteiger partial charge < -0.3 is 14.2 Å². The van der Waals surface area contributed by atoms with E-state index < -0.39 is 0 Å². The fraction of sp³-hybridized carbons (Fsp3) is 0.333. The van der Waals surface area contributed by atoms with Gasteiger partial charge in [0, 0.05) is 13.1 Å². The van der Waals surface area contributed by atoms with E-state index in [0.717, 1.165) is 54.1 Å². The number of carbonyl (C=O) groups is 1. The smallest absolute Gasteiger partial charge is 0.242 e. The van der Waals surface area contributed by atoms with E-state index in [2.05, 4.69) is 13.8 Å². The molecule has 0 unspecified atom stereocenters. The van der Waals surface area contributed by atoms with Crippen molar-refractivity contribution in [3.8, 4) is 5.75 Å². The summed E-state index contributed by atoms with van der Waals surface area (Å²) in [6.07, 6.45) is 5.90. The predicted molar refractivity (Wildman–Crippen MR) is 119 cm³/mol. The Morgan fingerprint density at radius 2 is 1.72 bits per heavy atom. The molecule has 3 aromatic rings. The number of hydrogen-bond acceptors (Lipinski definition) is 3. The van der Waals surface area contributed by atoms with Crippen LogP contribution >= 0.6 is 0 Å². The lowest BCUT2D eigenvalue weighted by atomic mass is 10.2. The lowest BCUT2D eigenvalue weighted by molar-refractivity contribution is -0.131. The monoisotopic (exact) mass is 391 g/mol. The zero-order valence-corrected chi connectivity index (χ0v) is 17.5. The predicted octanol–water partition coefficient (Wildman–Crippen LogP) is 4.86. The van der Waals surface area contributed by atoms with Gasteiger partial charge in [-0.1, -0.05) is 44.2 Å². The highest BCUT2D eigenvalue weighted by atomic mass is 16.5. The topological polar surface area (TPSA) is 47.4 Å². The molecule has 152 valence electrons. The number of aromatic nitrogens is 2. The number of hydrogen-bond donors (Lipinski definition) is 0. The van der Waals surface area contributed by atoms with Gasteiger partial charge in [-0.3, -0.25) is 4.79 Å². The largest absolute Gasteiger partial charge is 0.497 e. The van der Waals surface area contributed by atoms with Gasteiger partial charge in [-0.15, -0.1) is 0 Å². The highest BCUT2D eigenvalue weighted by Gasteiger charge is 2.16. The molecule has 0 atom stereocenters. The number of amides is 1. The zero-order valence-electron chi connectivity index (χ0n) is 17.5. The Bertz CT molecular complexity index is 967. The molecule has 0 aliphatic heterocycles. The summed E-state index contributed by atoms with van der Waals surface area (Å²) >= 11 is 0. The van der Waals surface area contributed by atoms with Crippen LogP contribution in [0.2, 0.25) is 0 Å². The Balaban J connectivity index is 1.90. The molecule has 5 nitrogen and oxygen atoms in total. The Labute approximate surface area is 172 Å². The van der Waals surface area contributed by atoms with Crippen molar-refractivity contribution in [2.45, 2.75) is 33.2 Å². The number of carbonyl (C=O) groups excluding carboxylic acids is 1. The van der Waals surface area contributed by atoms with E-state index in [4.69, 9.17) is 9.72 Å². The standard InChI is InChI=1S/C24H29N3O2/c1-4-16-26(17-5-2)24(28)18-27-22-9-7-6-8-21(22)25-23(27)15-12-19-10-13-20(29-3)14-11-19/h6-15H,4-5,16-18H2,1-3H3/b15-12+. The van der Waals surface area contributed by atoms with Crippen molar-refractivity contribution in [2.75, 3.05) is 20.2 Å². The third-order valence-electron chi connectivity index (χ3n) is 4.86. The molecule has 0 radical (unpaired) electrons. The molecule has 29 heavy (non-hydrogen) atoms. The molecule has 0 aliphatic rings. The minimum atomic E-state index is 0.135. The van der Waals surface area contributed by atoms with Crippen LogP contribution in [0, 0.1) is 0 Å². The van der Waals surface area contributed by atoms with E-state index in [9.17, 15) is 4.79 Å². The van der Waals surface area contributed by atoms with Crippen molar-refractivity contribution in [1.82, 2.24) is 14.5 Å². The SMILES string of the molecule is CCCN(CCC)C(=O)Cn1c(/C=C/c2ccc(OC)cc2)nc2ccccc21. The fourth-order valence-corrected chi connectivity index (χ4v) is 3.41. The first kappa shape index (κ1) is 20.6. The Morgan fingerprint density at radius 3 is 2.38 bits per heavy atom. The molecule has 0 saturated heterocycles. The van der Waals surface area contributed by atoms with Gasteiger partial charge in [-0.25, -0.2) is 4.98 Å². The summed E-state index contributed by atoms with van der Waals surface area (Å²) in [7, 11) is 1.66. The molecule has 2 aromatic carbocycles. The zero-order chi connectivity index (χ0) is 20.6. The average Bonchev–Trinajstić information content (AvgIpc) is 3.10. The van der Waals surface area contributed by atoms with Crippen LogP contribution in [0.1, 0.15) is 38.1 Å². The lowest BCUT2D eigenvalue weighted by Crippen LogP contribution is -2.35. The van der Waals surface area contributed by atoms with E-state index in [1.54, 1.807) is 7.11 Å². The molecule has 0 fully saturated rings. The first-order valence-electron chi connectivity index (χ1n) is 10.2. The van der Waals surface area contributed by atoms with Crippen LogP contribution in [0.15, 0.2) is 48.5 Å². The van der Waals surface area contributed by atoms with Gasteiger partial charge in [0.05, 0.1) is 18.1 Å². The number of ether oxygens (including phenoxy) is 1. The van der Waals surface area contributed by atoms with E-state index in [1.807, 2.05) is 70.1 Å². The van der Waals surface area contributed by atoms with Crippen molar-refractivity contribution < 1.29 is 9.53 Å². The summed E-state index contributed by atoms with van der Waals surface area (Å²) in [4.78, 5) is 19.7. The van der Waals surface area contributed by atoms with Crippen LogP contribution in [0.25, 0.3) is 23.2 Å². The van der Waals surface area contributed by atoms with Crippen LogP contribution in [0.3, 0.4) is 0 Å². The van der Waals surface area contributed by atoms with E-state index in [1.165, 1.54) is 0 Å². The van der Waals surface area contributed by atoms with Crippen LogP contribution in [0.4, 0.5) is 0 Å². The van der Waals surface area contributed by atoms with Crippen molar-refractivity contribution in [1.29, 1.82) is 0 Å². The summed E-state index contributed by atoms with van der Waals surface area (Å²) in [6.45, 7) is 6.08. The summed E-state index contributed by atoms with van der Waals surface area (Å²) < 4.78 is 7.22. The molecule has 1 amide bonds. The van der Waals surface area contributed by atoms with Gasteiger partial charge >= 0.3 is 0 Å². The molecule has 1 aromatic heterocycles. The molecule has 5 heteroatoms. The summed E-state index contributed by atoms with van der Waals surface area (Å²) in [5, 5.41) is 0. The Morgan fingerprint density at radius 1 is 1.03 bits per heavy atom. The van der Waals surface area contributed by atoms with Crippen molar-refractivity contribution >= 4 is 29.1 Å². The Hall–Kier alpha value is -3.08. The van der Waals surface area contributed by atoms with Crippen molar-refractivity contribution in [3.63, 3.8) is 0 Å². The highest BCUT2D eigenvalue weighted by Crippen LogP contribution is 2.19. The van der Waals surface area contributed by atoms with E-state index in [-0.39, 0.29) is 5.91 Å². The van der Waals surface area contributed by atoms with E-state index >= 15 is 0 Å². The third-order valence-corrected chi connectivity index (χ3v) is 4.86. The van der Waals surface area contributed by atoms with Gasteiger partial charge in [0.25, 0.3) is 0 Å². The maximum Gasteiger partial charge on any atom is 0.242 e. The maximum absolute atomic E-state index is 13.0. The maximum atomic E-state index is 13.0. The second kappa shape index (κ2) is 9.92. The molecule has 3 rings (SSSR count). The molecule has 0 bridgehead atoms. The molecule has 0 aliphatic carbocycles. The van der Waals surface area contributed by atoms with Gasteiger partial charge in [0.2, 0.25) is 5.91 Å². The van der Waals surface area contributed by atoms with Crippen molar-refractivity contribution in [3.05, 3.63) is 59.9 Å². The number of methoxy groups -OCH3 is 1. The Kier molecular flexibility index (Phi) is 7.06.